The molecule has 0 bridgehead atoms. The SMILES string of the molecule is C#Cc1cccc(CCCCCC(C)(C)C)c1.CCCCCC/C(=C\[Si](C)(C)C)c1cccc(CCCCCC(C)(C)C)c1. The van der Waals surface area contributed by atoms with E-state index in [1.165, 1.54) is 107 Å². The van der Waals surface area contributed by atoms with Gasteiger partial charge in [-0.15, -0.1) is 6.42 Å². The summed E-state index contributed by atoms with van der Waals surface area (Å²) in [6.07, 6.45) is 25.0. The number of unbranched alkanes of at least 4 members (excludes halogenated alkanes) is 7. The van der Waals surface area contributed by atoms with Crippen molar-refractivity contribution in [2.75, 3.05) is 0 Å². The molecule has 0 N–H and O–H groups in total. The van der Waals surface area contributed by atoms with E-state index in [9.17, 15) is 0 Å². The van der Waals surface area contributed by atoms with Crippen LogP contribution in [-0.2, 0) is 12.8 Å². The number of aryl methyl sites for hydroxylation is 2. The summed E-state index contributed by atoms with van der Waals surface area (Å²) < 4.78 is 0. The van der Waals surface area contributed by atoms with Crippen molar-refractivity contribution < 1.29 is 0 Å². The maximum atomic E-state index is 5.39. The Morgan fingerprint density at radius 1 is 0.682 bits per heavy atom. The predicted octanol–water partition coefficient (Wildman–Crippen LogP) is 13.9. The molecule has 0 radical (unpaired) electrons. The van der Waals surface area contributed by atoms with Crippen LogP contribution in [0.25, 0.3) is 5.57 Å². The Hall–Kier alpha value is -2.04. The Balaban J connectivity index is 0.000000488. The molecule has 0 heterocycles. The summed E-state index contributed by atoms with van der Waals surface area (Å²) in [4.78, 5) is 0. The lowest BCUT2D eigenvalue weighted by atomic mass is 9.89. The molecule has 1 heteroatoms. The monoisotopic (exact) mass is 615 g/mol. The second kappa shape index (κ2) is 20.9. The average molecular weight is 615 g/mol. The molecule has 0 unspecified atom stereocenters. The topological polar surface area (TPSA) is 0 Å². The lowest BCUT2D eigenvalue weighted by Gasteiger charge is -2.17. The molecule has 2 aromatic carbocycles. The molecule has 0 fully saturated rings. The van der Waals surface area contributed by atoms with Gasteiger partial charge in [0.1, 0.15) is 0 Å². The van der Waals surface area contributed by atoms with Crippen molar-refractivity contribution in [3.8, 4) is 12.3 Å². The average Bonchev–Trinajstić information content (AvgIpc) is 2.93. The number of benzene rings is 2. The zero-order chi connectivity index (χ0) is 33.1. The summed E-state index contributed by atoms with van der Waals surface area (Å²) in [5.74, 6) is 2.69. The first-order valence-corrected chi connectivity index (χ1v) is 21.6. The first kappa shape index (κ1) is 40.0. The lowest BCUT2D eigenvalue weighted by Crippen LogP contribution is -2.16. The van der Waals surface area contributed by atoms with Crippen LogP contribution in [-0.4, -0.2) is 8.07 Å². The molecule has 2 aromatic rings. The van der Waals surface area contributed by atoms with E-state index < -0.39 is 8.07 Å². The molecule has 0 aliphatic heterocycles. The van der Waals surface area contributed by atoms with Gasteiger partial charge in [0.25, 0.3) is 0 Å². The normalized spacial score (nSPS) is 12.4. The second-order valence-electron chi connectivity index (χ2n) is 16.6. The van der Waals surface area contributed by atoms with E-state index in [0.29, 0.717) is 10.8 Å². The Labute approximate surface area is 276 Å². The highest BCUT2D eigenvalue weighted by Crippen LogP contribution is 2.27. The van der Waals surface area contributed by atoms with Crippen molar-refractivity contribution in [1.82, 2.24) is 0 Å². The molecule has 0 aromatic heterocycles. The molecule has 0 atom stereocenters. The number of allylic oxidation sites excluding steroid dienone is 1. The highest BCUT2D eigenvalue weighted by molar-refractivity contribution is 6.81. The van der Waals surface area contributed by atoms with Crippen LogP contribution in [0, 0.1) is 23.2 Å². The van der Waals surface area contributed by atoms with Crippen LogP contribution in [0.2, 0.25) is 19.6 Å². The molecule has 44 heavy (non-hydrogen) atoms. The number of terminal acetylenes is 1. The van der Waals surface area contributed by atoms with E-state index in [1.54, 1.807) is 5.57 Å². The molecule has 0 spiro atoms. The van der Waals surface area contributed by atoms with E-state index in [2.05, 4.69) is 122 Å². The minimum absolute atomic E-state index is 0.476. The van der Waals surface area contributed by atoms with Gasteiger partial charge in [-0.3, -0.25) is 0 Å². The van der Waals surface area contributed by atoms with Crippen LogP contribution < -0.4 is 0 Å². The largest absolute Gasteiger partial charge is 0.115 e. The predicted molar refractivity (Wildman–Crippen MR) is 204 cm³/mol. The van der Waals surface area contributed by atoms with Crippen molar-refractivity contribution in [2.45, 2.75) is 164 Å². The molecule has 2 rings (SSSR count). The molecule has 0 saturated heterocycles. The van der Waals surface area contributed by atoms with Gasteiger partial charge in [-0.2, -0.15) is 0 Å². The lowest BCUT2D eigenvalue weighted by molar-refractivity contribution is 0.358. The molecule has 0 amide bonds. The van der Waals surface area contributed by atoms with E-state index in [1.807, 2.05) is 6.07 Å². The van der Waals surface area contributed by atoms with E-state index >= 15 is 0 Å². The van der Waals surface area contributed by atoms with Crippen LogP contribution in [0.5, 0.6) is 0 Å². The van der Waals surface area contributed by atoms with Gasteiger partial charge in [-0.05, 0) is 96.6 Å². The van der Waals surface area contributed by atoms with Gasteiger partial charge >= 0.3 is 0 Å². The summed E-state index contributed by atoms with van der Waals surface area (Å²) in [7, 11) is -1.21. The van der Waals surface area contributed by atoms with Gasteiger partial charge in [0.2, 0.25) is 0 Å². The molecule has 0 aliphatic rings. The Bertz CT molecular complexity index is 1110. The van der Waals surface area contributed by atoms with Crippen LogP contribution in [0.1, 0.15) is 154 Å². The van der Waals surface area contributed by atoms with Gasteiger partial charge < -0.3 is 0 Å². The quantitative estimate of drug-likeness (QED) is 0.0944. The van der Waals surface area contributed by atoms with Crippen molar-refractivity contribution in [1.29, 1.82) is 0 Å². The third kappa shape index (κ3) is 21.6. The molecule has 0 aliphatic carbocycles. The number of hydrogen-bond donors (Lipinski definition) is 0. The van der Waals surface area contributed by atoms with Crippen LogP contribution >= 0.6 is 0 Å². The highest BCUT2D eigenvalue weighted by Gasteiger charge is 2.13. The zero-order valence-electron chi connectivity index (χ0n) is 30.9. The van der Waals surface area contributed by atoms with Crippen LogP contribution in [0.3, 0.4) is 0 Å². The number of rotatable bonds is 17. The van der Waals surface area contributed by atoms with Gasteiger partial charge in [0, 0.05) is 5.56 Å². The summed E-state index contributed by atoms with van der Waals surface area (Å²) >= 11 is 0. The van der Waals surface area contributed by atoms with Gasteiger partial charge in [-0.25, -0.2) is 0 Å². The fraction of sp³-hybridized carbons (Fsp3) is 0.628. The number of hydrogen-bond acceptors (Lipinski definition) is 0. The maximum absolute atomic E-state index is 5.39. The molecular formula is C43H70Si. The molecule has 246 valence electrons. The van der Waals surface area contributed by atoms with Crippen molar-refractivity contribution in [2.24, 2.45) is 10.8 Å². The van der Waals surface area contributed by atoms with Gasteiger partial charge in [0.15, 0.2) is 0 Å². The van der Waals surface area contributed by atoms with Crippen molar-refractivity contribution in [3.63, 3.8) is 0 Å². The van der Waals surface area contributed by atoms with Crippen LogP contribution in [0.4, 0.5) is 0 Å². The van der Waals surface area contributed by atoms with E-state index in [0.717, 1.165) is 12.0 Å². The van der Waals surface area contributed by atoms with E-state index in [-0.39, 0.29) is 0 Å². The van der Waals surface area contributed by atoms with Crippen molar-refractivity contribution >= 4 is 13.6 Å². The Kier molecular flexibility index (Phi) is 19.0. The Morgan fingerprint density at radius 2 is 1.20 bits per heavy atom. The summed E-state index contributed by atoms with van der Waals surface area (Å²) in [5, 5.41) is 0. The van der Waals surface area contributed by atoms with Crippen LogP contribution in [0.15, 0.2) is 54.2 Å². The summed E-state index contributed by atoms with van der Waals surface area (Å²) in [6.45, 7) is 23.6. The fourth-order valence-corrected chi connectivity index (χ4v) is 6.99. The molecule has 0 nitrogen and oxygen atoms in total. The second-order valence-corrected chi connectivity index (χ2v) is 21.7. The van der Waals surface area contributed by atoms with Gasteiger partial charge in [0.05, 0.1) is 8.07 Å². The maximum Gasteiger partial charge on any atom is 0.0690 e. The minimum atomic E-state index is -1.21. The third-order valence-corrected chi connectivity index (χ3v) is 9.30. The standard InChI is InChI=1S/C26H46Si.C17H24/c1-8-9-10-13-18-25(22-27(5,6)7)24-19-15-17-23(21-24)16-12-11-14-20-26(2,3)4;1-5-15-11-9-12-16(14-15)10-7-6-8-13-17(2,3)4/h15,17,19,21-22H,8-14,16,18,20H2,1-7H3;1,9,11-12,14H,6-8,10,13H2,2-4H3/b25-22+;. The minimum Gasteiger partial charge on any atom is -0.115 e. The smallest absolute Gasteiger partial charge is 0.0690 e. The molecule has 0 saturated carbocycles. The third-order valence-electron chi connectivity index (χ3n) is 8.08. The summed E-state index contributed by atoms with van der Waals surface area (Å²) in [5.41, 5.74) is 10.6. The first-order valence-electron chi connectivity index (χ1n) is 18.0. The highest BCUT2D eigenvalue weighted by atomic mass is 28.3. The fourth-order valence-electron chi connectivity index (χ4n) is 5.63. The zero-order valence-corrected chi connectivity index (χ0v) is 31.9. The first-order chi connectivity index (χ1) is 20.6. The van der Waals surface area contributed by atoms with E-state index in [4.69, 9.17) is 6.42 Å². The van der Waals surface area contributed by atoms with Crippen molar-refractivity contribution in [3.05, 3.63) is 76.5 Å². The van der Waals surface area contributed by atoms with Gasteiger partial charge in [-0.1, -0.05) is 161 Å². The molecular weight excluding hydrogens is 545 g/mol. The Morgan fingerprint density at radius 3 is 1.70 bits per heavy atom. The summed E-state index contributed by atoms with van der Waals surface area (Å²) in [6, 6.07) is 17.8.